The first kappa shape index (κ1) is 47.3. The Balaban J connectivity index is 1.50. The molecule has 0 N–H and O–H groups in total. The number of rotatable bonds is 12. The van der Waals surface area contributed by atoms with Crippen LogP contribution in [0.15, 0.2) is 121 Å². The molecule has 0 aliphatic carbocycles. The molecule has 0 saturated carbocycles. The van der Waals surface area contributed by atoms with Gasteiger partial charge in [0.2, 0.25) is 0 Å². The van der Waals surface area contributed by atoms with Gasteiger partial charge in [-0.3, -0.25) is 0 Å². The Morgan fingerprint density at radius 1 is 0.387 bits per heavy atom. The van der Waals surface area contributed by atoms with Crippen molar-refractivity contribution in [3.05, 3.63) is 166 Å². The molecule has 6 aromatic rings. The third-order valence-electron chi connectivity index (χ3n) is 12.2. The summed E-state index contributed by atoms with van der Waals surface area (Å²) in [7, 11) is 2.02. The number of ether oxygens (including phenoxy) is 2. The average molecular weight is 863 g/mol. The molecule has 1 unspecified atom stereocenters. The molecule has 62 heavy (non-hydrogen) atoms. The van der Waals surface area contributed by atoms with Crippen LogP contribution >= 0.6 is 15.8 Å². The Morgan fingerprint density at radius 3 is 1.18 bits per heavy atom. The predicted octanol–water partition coefficient (Wildman–Crippen LogP) is 12.9. The summed E-state index contributed by atoms with van der Waals surface area (Å²) in [6, 6.07) is 46.8. The van der Waals surface area contributed by atoms with Crippen LogP contribution in [-0.2, 0) is 28.1 Å². The van der Waals surface area contributed by atoms with Gasteiger partial charge in [-0.15, -0.1) is 0 Å². The molecule has 0 aromatic heterocycles. The Morgan fingerprint density at radius 2 is 0.758 bits per heavy atom. The maximum Gasteiger partial charge on any atom is 0.126 e. The fraction of sp³-hybridized carbons (Fsp3) is 0.379. The van der Waals surface area contributed by atoms with Crippen LogP contribution in [0.2, 0.25) is 0 Å². The smallest absolute Gasteiger partial charge is 0.126 e. The summed E-state index contributed by atoms with van der Waals surface area (Å²) in [5, 5.41) is 8.22. The van der Waals surface area contributed by atoms with Crippen molar-refractivity contribution in [3.8, 4) is 11.5 Å². The zero-order valence-electron chi connectivity index (χ0n) is 40.7. The third kappa shape index (κ3) is 10.6. The van der Waals surface area contributed by atoms with E-state index >= 15 is 0 Å². The van der Waals surface area contributed by atoms with E-state index in [9.17, 15) is 0 Å². The van der Waals surface area contributed by atoms with Gasteiger partial charge in [-0.1, -0.05) is 190 Å². The Bertz CT molecular complexity index is 2390. The highest BCUT2D eigenvalue weighted by Gasteiger charge is 2.34. The van der Waals surface area contributed by atoms with E-state index in [0.29, 0.717) is 0 Å². The van der Waals surface area contributed by atoms with Crippen LogP contribution in [0.3, 0.4) is 0 Å². The summed E-state index contributed by atoms with van der Waals surface area (Å²) in [5.74, 6) is 2.02. The van der Waals surface area contributed by atoms with E-state index in [4.69, 9.17) is 9.47 Å². The number of methoxy groups -OCH3 is 2. The van der Waals surface area contributed by atoms with Crippen LogP contribution in [0.5, 0.6) is 11.5 Å². The Kier molecular flexibility index (Phi) is 14.1. The molecular weight excluding hydrogens is 791 g/mol. The molecular formula is C58H72O2P2. The fourth-order valence-electron chi connectivity index (χ4n) is 8.66. The Labute approximate surface area is 378 Å². The summed E-state index contributed by atoms with van der Waals surface area (Å²) < 4.78 is 12.8. The number of benzene rings is 6. The molecule has 4 heteroatoms. The fourth-order valence-corrected chi connectivity index (χ4v) is 13.5. The topological polar surface area (TPSA) is 18.5 Å². The molecule has 6 aromatic carbocycles. The van der Waals surface area contributed by atoms with Crippen molar-refractivity contribution in [3.63, 3.8) is 0 Å². The van der Waals surface area contributed by atoms with Crippen molar-refractivity contribution in [2.24, 2.45) is 0 Å². The lowest BCUT2D eigenvalue weighted by molar-refractivity contribution is 0.372. The summed E-state index contributed by atoms with van der Waals surface area (Å²) in [4.78, 5) is 0. The molecule has 1 atom stereocenters. The minimum atomic E-state index is -0.961. The van der Waals surface area contributed by atoms with E-state index in [1.165, 1.54) is 76.3 Å². The second-order valence-electron chi connectivity index (χ2n) is 21.1. The summed E-state index contributed by atoms with van der Waals surface area (Å²) in [6.07, 6.45) is 1.93. The average Bonchev–Trinajstić information content (AvgIpc) is 3.20. The van der Waals surface area contributed by atoms with E-state index in [2.05, 4.69) is 218 Å². The predicted molar refractivity (Wildman–Crippen MR) is 275 cm³/mol. The monoisotopic (exact) mass is 863 g/mol. The molecule has 0 aliphatic rings. The first-order chi connectivity index (χ1) is 29.0. The second kappa shape index (κ2) is 18.5. The molecule has 0 bridgehead atoms. The zero-order valence-corrected chi connectivity index (χ0v) is 42.5. The lowest BCUT2D eigenvalue weighted by atomic mass is 9.75. The number of aryl methyl sites for hydroxylation is 4. The lowest BCUT2D eigenvalue weighted by Crippen LogP contribution is -2.30. The Hall–Kier alpha value is -4.22. The SMILES string of the molecule is COc1c(C(C)(C)C)cc(P(c2ccccc2)c2cc(C(C)(C)C)c(OC)c(C(C)(C)CCc3cc(C)cc(P(c4ccc(C)cc4)c4ccc(C)cc4)c3)c2)cc1C(C)(C)C. The molecule has 0 radical (unpaired) electrons. The van der Waals surface area contributed by atoms with E-state index in [-0.39, 0.29) is 21.7 Å². The van der Waals surface area contributed by atoms with Crippen molar-refractivity contribution < 1.29 is 9.47 Å². The van der Waals surface area contributed by atoms with Gasteiger partial charge in [0.1, 0.15) is 11.5 Å². The largest absolute Gasteiger partial charge is 0.496 e. The van der Waals surface area contributed by atoms with Crippen LogP contribution in [0.4, 0.5) is 0 Å². The van der Waals surface area contributed by atoms with Crippen LogP contribution in [0.25, 0.3) is 0 Å². The van der Waals surface area contributed by atoms with E-state index in [1.54, 1.807) is 0 Å². The molecule has 0 amide bonds. The minimum absolute atomic E-state index is 0.111. The molecule has 326 valence electrons. The first-order valence-electron chi connectivity index (χ1n) is 22.4. The van der Waals surface area contributed by atoms with Crippen LogP contribution < -0.4 is 41.3 Å². The highest BCUT2D eigenvalue weighted by atomic mass is 31.1. The summed E-state index contributed by atoms with van der Waals surface area (Å²) >= 11 is 0. The van der Waals surface area contributed by atoms with Gasteiger partial charge in [0.15, 0.2) is 0 Å². The van der Waals surface area contributed by atoms with Crippen molar-refractivity contribution in [1.82, 2.24) is 0 Å². The maximum atomic E-state index is 6.52. The van der Waals surface area contributed by atoms with Crippen molar-refractivity contribution in [2.45, 2.75) is 131 Å². The molecule has 2 nitrogen and oxygen atoms in total. The quantitative estimate of drug-likeness (QED) is 0.114. The summed E-state index contributed by atoms with van der Waals surface area (Å²) in [6.45, 7) is 32.3. The lowest BCUT2D eigenvalue weighted by Gasteiger charge is -2.35. The minimum Gasteiger partial charge on any atom is -0.496 e. The van der Waals surface area contributed by atoms with E-state index in [0.717, 1.165) is 24.3 Å². The maximum absolute atomic E-state index is 6.52. The molecule has 0 fully saturated rings. The molecule has 0 aliphatic heterocycles. The van der Waals surface area contributed by atoms with Gasteiger partial charge < -0.3 is 9.47 Å². The van der Waals surface area contributed by atoms with Gasteiger partial charge in [-0.2, -0.15) is 0 Å². The number of hydrogen-bond acceptors (Lipinski definition) is 2. The highest BCUT2D eigenvalue weighted by molar-refractivity contribution is 7.80. The molecule has 0 heterocycles. The van der Waals surface area contributed by atoms with Gasteiger partial charge in [-0.25, -0.2) is 0 Å². The van der Waals surface area contributed by atoms with Gasteiger partial charge >= 0.3 is 0 Å². The van der Waals surface area contributed by atoms with Crippen molar-refractivity contribution in [1.29, 1.82) is 0 Å². The molecule has 6 rings (SSSR count). The normalized spacial score (nSPS) is 13.0. The van der Waals surface area contributed by atoms with Crippen LogP contribution in [-0.4, -0.2) is 14.2 Å². The zero-order chi connectivity index (χ0) is 45.4. The third-order valence-corrected chi connectivity index (χ3v) is 17.0. The second-order valence-corrected chi connectivity index (χ2v) is 25.6. The van der Waals surface area contributed by atoms with E-state index in [1.807, 2.05) is 14.2 Å². The highest BCUT2D eigenvalue weighted by Crippen LogP contribution is 2.47. The molecule has 0 saturated heterocycles. The van der Waals surface area contributed by atoms with Gasteiger partial charge in [0.05, 0.1) is 14.2 Å². The van der Waals surface area contributed by atoms with Crippen LogP contribution in [0.1, 0.15) is 127 Å². The number of hydrogen-bond donors (Lipinski definition) is 0. The van der Waals surface area contributed by atoms with Crippen molar-refractivity contribution in [2.75, 3.05) is 14.2 Å². The van der Waals surface area contributed by atoms with Gasteiger partial charge in [0.25, 0.3) is 0 Å². The molecule has 0 spiro atoms. The standard InChI is InChI=1S/C58H72O2P2/c1-39-22-26-44(27-23-39)61(45-28-24-40(2)25-29-45)46-33-41(3)32-42(34-46)30-31-58(13,14)52-38-48(37-51(54(52)60-16)57(10,11)12)62(43-20-18-17-19-21-43)47-35-49(55(4,5)6)53(59-15)50(36-47)56(7,8)9/h17-29,32-38H,30-31H2,1-16H3. The van der Waals surface area contributed by atoms with Gasteiger partial charge in [0, 0.05) is 22.3 Å². The van der Waals surface area contributed by atoms with E-state index < -0.39 is 15.8 Å². The summed E-state index contributed by atoms with van der Waals surface area (Å²) in [5.41, 5.74) is 9.75. The van der Waals surface area contributed by atoms with Gasteiger partial charge in [-0.05, 0) is 133 Å². The van der Waals surface area contributed by atoms with Crippen LogP contribution in [0, 0.1) is 20.8 Å². The first-order valence-corrected chi connectivity index (χ1v) is 25.1. The van der Waals surface area contributed by atoms with Crippen molar-refractivity contribution >= 4 is 47.7 Å².